The highest BCUT2D eigenvalue weighted by atomic mass is 32.3. The lowest BCUT2D eigenvalue weighted by molar-refractivity contribution is -0.131. The first-order valence-electron chi connectivity index (χ1n) is 10.9. The van der Waals surface area contributed by atoms with Gasteiger partial charge in [-0.25, -0.2) is 4.18 Å². The third kappa shape index (κ3) is 3.28. The molecule has 2 N–H and O–H groups in total. The van der Waals surface area contributed by atoms with Gasteiger partial charge in [0, 0.05) is 0 Å². The van der Waals surface area contributed by atoms with Crippen molar-refractivity contribution in [3.63, 3.8) is 0 Å². The smallest absolute Gasteiger partial charge is 0.393 e. The van der Waals surface area contributed by atoms with Crippen LogP contribution in [0.3, 0.4) is 0 Å². The third-order valence-corrected chi connectivity index (χ3v) is 10.1. The average molecular weight is 401 g/mol. The summed E-state index contributed by atoms with van der Waals surface area (Å²) in [4.78, 5) is 0. The quantitative estimate of drug-likeness (QED) is 0.693. The molecule has 1 unspecified atom stereocenters. The molecule has 0 aromatic carbocycles. The summed E-state index contributed by atoms with van der Waals surface area (Å²) in [5.74, 6) is 2.91. The number of hydrogen-bond donors (Lipinski definition) is 2. The second-order valence-corrected chi connectivity index (χ2v) is 11.6. The Balaban J connectivity index is 1.55. The Morgan fingerprint density at radius 1 is 0.963 bits per heavy atom. The molecule has 6 heteroatoms. The molecule has 0 aromatic rings. The Bertz CT molecular complexity index is 678. The van der Waals surface area contributed by atoms with E-state index in [2.05, 4.69) is 13.8 Å². The average Bonchev–Trinajstić information content (AvgIpc) is 2.91. The molecule has 0 amide bonds. The van der Waals surface area contributed by atoms with Crippen molar-refractivity contribution in [1.29, 1.82) is 0 Å². The van der Waals surface area contributed by atoms with Gasteiger partial charge in [-0.2, -0.15) is 8.42 Å². The van der Waals surface area contributed by atoms with E-state index in [9.17, 15) is 13.5 Å². The summed E-state index contributed by atoms with van der Waals surface area (Å²) in [7, 11) is -4.40. The van der Waals surface area contributed by atoms with Crippen LogP contribution in [0.1, 0.15) is 78.6 Å². The Morgan fingerprint density at radius 2 is 1.63 bits per heavy atom. The molecule has 0 aromatic heterocycles. The summed E-state index contributed by atoms with van der Waals surface area (Å²) in [6.07, 6.45) is 9.42. The van der Waals surface area contributed by atoms with Gasteiger partial charge in [0.25, 0.3) is 0 Å². The van der Waals surface area contributed by atoms with Crippen LogP contribution >= 0.6 is 0 Å². The zero-order valence-corrected chi connectivity index (χ0v) is 17.7. The van der Waals surface area contributed by atoms with Crippen LogP contribution in [0.5, 0.6) is 0 Å². The van der Waals surface area contributed by atoms with Gasteiger partial charge < -0.3 is 5.11 Å². The van der Waals surface area contributed by atoms with E-state index in [0.717, 1.165) is 44.4 Å². The number of aliphatic hydroxyl groups excluding tert-OH is 1. The van der Waals surface area contributed by atoms with Gasteiger partial charge in [0.15, 0.2) is 0 Å². The van der Waals surface area contributed by atoms with Crippen LogP contribution < -0.4 is 0 Å². The van der Waals surface area contributed by atoms with E-state index in [-0.39, 0.29) is 17.4 Å². The third-order valence-electron chi connectivity index (χ3n) is 9.55. The summed E-state index contributed by atoms with van der Waals surface area (Å²) in [5, 5.41) is 10.2. The first kappa shape index (κ1) is 20.1. The molecule has 0 aliphatic heterocycles. The van der Waals surface area contributed by atoms with E-state index < -0.39 is 16.5 Å². The van der Waals surface area contributed by atoms with Crippen molar-refractivity contribution < 1.29 is 22.3 Å². The molecule has 0 radical (unpaired) electrons. The van der Waals surface area contributed by atoms with Gasteiger partial charge in [-0.3, -0.25) is 4.55 Å². The summed E-state index contributed by atoms with van der Waals surface area (Å²) in [6.45, 7) is 6.63. The molecule has 27 heavy (non-hydrogen) atoms. The van der Waals surface area contributed by atoms with Gasteiger partial charge in [-0.05, 0) is 105 Å². The van der Waals surface area contributed by atoms with Gasteiger partial charge in [-0.15, -0.1) is 0 Å². The van der Waals surface area contributed by atoms with Gasteiger partial charge in [0.05, 0.1) is 12.2 Å². The van der Waals surface area contributed by atoms with Crippen molar-refractivity contribution in [2.24, 2.45) is 40.4 Å². The molecule has 5 nitrogen and oxygen atoms in total. The second-order valence-electron chi connectivity index (χ2n) is 10.5. The molecule has 0 bridgehead atoms. The van der Waals surface area contributed by atoms with E-state index in [0.29, 0.717) is 23.2 Å². The van der Waals surface area contributed by atoms with Crippen molar-refractivity contribution in [3.05, 3.63) is 0 Å². The summed E-state index contributed by atoms with van der Waals surface area (Å²) in [5.41, 5.74) is 0.459. The van der Waals surface area contributed by atoms with Gasteiger partial charge in [-0.1, -0.05) is 13.8 Å². The van der Waals surface area contributed by atoms with E-state index in [1.807, 2.05) is 0 Å². The lowest BCUT2D eigenvalue weighted by Gasteiger charge is -2.61. The predicted molar refractivity (Wildman–Crippen MR) is 103 cm³/mol. The minimum Gasteiger partial charge on any atom is -0.393 e. The second kappa shape index (κ2) is 6.68. The van der Waals surface area contributed by atoms with Crippen LogP contribution in [0.4, 0.5) is 0 Å². The number of rotatable bonds is 3. The molecule has 4 fully saturated rings. The van der Waals surface area contributed by atoms with Gasteiger partial charge >= 0.3 is 10.4 Å². The van der Waals surface area contributed by atoms with E-state index in [1.54, 1.807) is 6.92 Å². The minimum absolute atomic E-state index is 0.0999. The first-order valence-corrected chi connectivity index (χ1v) is 12.2. The molecule has 0 heterocycles. The molecular formula is C21H36O5S. The zero-order chi connectivity index (χ0) is 19.6. The maximum Gasteiger partial charge on any atom is 0.397 e. The Hall–Kier alpha value is -0.170. The fourth-order valence-electron chi connectivity index (χ4n) is 8.31. The minimum atomic E-state index is -4.40. The lowest BCUT2D eigenvalue weighted by atomic mass is 9.44. The molecule has 4 rings (SSSR count). The molecule has 9 atom stereocenters. The summed E-state index contributed by atoms with van der Waals surface area (Å²) in [6, 6.07) is 0. The lowest BCUT2D eigenvalue weighted by Crippen LogP contribution is -2.54. The van der Waals surface area contributed by atoms with Crippen molar-refractivity contribution in [2.45, 2.75) is 90.8 Å². The van der Waals surface area contributed by atoms with E-state index >= 15 is 0 Å². The predicted octanol–water partition coefficient (Wildman–Crippen LogP) is 4.21. The number of hydrogen-bond acceptors (Lipinski definition) is 4. The highest BCUT2D eigenvalue weighted by molar-refractivity contribution is 7.80. The molecular weight excluding hydrogens is 364 g/mol. The molecule has 4 saturated carbocycles. The van der Waals surface area contributed by atoms with Gasteiger partial charge in [0.2, 0.25) is 0 Å². The molecule has 0 saturated heterocycles. The normalized spacial score (nSPS) is 51.1. The highest BCUT2D eigenvalue weighted by Crippen LogP contribution is 2.67. The van der Waals surface area contributed by atoms with Crippen LogP contribution in [0.2, 0.25) is 0 Å². The van der Waals surface area contributed by atoms with Crippen LogP contribution in [0.25, 0.3) is 0 Å². The van der Waals surface area contributed by atoms with Crippen molar-refractivity contribution in [2.75, 3.05) is 0 Å². The van der Waals surface area contributed by atoms with E-state index in [4.69, 9.17) is 8.74 Å². The fourth-order valence-corrected chi connectivity index (χ4v) is 8.82. The Kier molecular flexibility index (Phi) is 4.98. The van der Waals surface area contributed by atoms with Crippen LogP contribution in [0, 0.1) is 40.4 Å². The number of aliphatic hydroxyl groups is 1. The van der Waals surface area contributed by atoms with Crippen LogP contribution in [0.15, 0.2) is 0 Å². The number of fused-ring (bicyclic) bond motifs is 5. The summed E-state index contributed by atoms with van der Waals surface area (Å²) >= 11 is 0. The molecule has 0 spiro atoms. The fraction of sp³-hybridized carbons (Fsp3) is 1.00. The monoisotopic (exact) mass is 400 g/mol. The molecule has 156 valence electrons. The largest absolute Gasteiger partial charge is 0.397 e. The Labute approximate surface area is 164 Å². The van der Waals surface area contributed by atoms with Crippen molar-refractivity contribution in [3.8, 4) is 0 Å². The van der Waals surface area contributed by atoms with Gasteiger partial charge in [0.1, 0.15) is 0 Å². The van der Waals surface area contributed by atoms with Crippen molar-refractivity contribution >= 4 is 10.4 Å². The zero-order valence-electron chi connectivity index (χ0n) is 16.9. The topological polar surface area (TPSA) is 83.8 Å². The highest BCUT2D eigenvalue weighted by Gasteiger charge is 2.61. The molecule has 4 aliphatic carbocycles. The SMILES string of the molecule is CC(OS(=O)(=O)O)[C@H]1CC[C@H]2[C@@H]3CC[C@@H]4C[C@H](O)CC[C@]4(C)[C@H]3CC[C@]12C. The maximum atomic E-state index is 11.2. The molecule has 4 aliphatic rings. The summed E-state index contributed by atoms with van der Waals surface area (Å²) < 4.78 is 36.6. The van der Waals surface area contributed by atoms with E-state index in [1.165, 1.54) is 19.3 Å². The van der Waals surface area contributed by atoms with Crippen LogP contribution in [-0.2, 0) is 14.6 Å². The Morgan fingerprint density at radius 3 is 2.33 bits per heavy atom. The van der Waals surface area contributed by atoms with Crippen LogP contribution in [-0.4, -0.2) is 30.3 Å². The van der Waals surface area contributed by atoms with Crippen molar-refractivity contribution in [1.82, 2.24) is 0 Å². The first-order chi connectivity index (χ1) is 12.5. The maximum absolute atomic E-state index is 11.2. The standard InChI is InChI=1S/C21H36O5S/c1-13(26-27(23,24)25)17-6-7-18-16-5-4-14-12-15(22)8-10-20(14,2)19(16)9-11-21(17,18)3/h13-19,22H,4-12H2,1-3H3,(H,23,24,25)/t13?,14-,15-,16+,17-,18+,19+,20+,21-/m1/s1.